The van der Waals surface area contributed by atoms with Gasteiger partial charge in [0.1, 0.15) is 5.75 Å². The van der Waals surface area contributed by atoms with E-state index in [1.807, 2.05) is 17.0 Å². The number of rotatable bonds is 8. The number of carbonyl (C=O) groups excluding carboxylic acids is 2. The van der Waals surface area contributed by atoms with Crippen molar-refractivity contribution in [3.8, 4) is 5.75 Å². The van der Waals surface area contributed by atoms with Crippen LogP contribution in [0.1, 0.15) is 28.8 Å². The molecule has 160 valence electrons. The number of ether oxygens (including phenoxy) is 1. The van der Waals surface area contributed by atoms with E-state index in [1.165, 1.54) is 23.9 Å². The van der Waals surface area contributed by atoms with Crippen LogP contribution in [-0.4, -0.2) is 54.1 Å². The third-order valence-corrected chi connectivity index (χ3v) is 5.90. The summed E-state index contributed by atoms with van der Waals surface area (Å²) in [5, 5.41) is 0. The highest BCUT2D eigenvalue weighted by atomic mass is 32.2. The molecule has 0 aliphatic carbocycles. The van der Waals surface area contributed by atoms with Crippen LogP contribution in [0.15, 0.2) is 53.4 Å². The highest BCUT2D eigenvalue weighted by molar-refractivity contribution is 8.00. The van der Waals surface area contributed by atoms with Crippen molar-refractivity contribution >= 4 is 23.6 Å². The van der Waals surface area contributed by atoms with Gasteiger partial charge in [0.2, 0.25) is 5.91 Å². The van der Waals surface area contributed by atoms with Crippen molar-refractivity contribution in [2.75, 3.05) is 25.9 Å². The van der Waals surface area contributed by atoms with E-state index in [0.29, 0.717) is 17.9 Å². The molecule has 5 nitrogen and oxygen atoms in total. The number of amides is 2. The van der Waals surface area contributed by atoms with Gasteiger partial charge in [-0.05, 0) is 42.7 Å². The first kappa shape index (κ1) is 22.1. The van der Waals surface area contributed by atoms with Crippen LogP contribution in [0.4, 0.5) is 8.78 Å². The molecule has 1 aliphatic rings. The zero-order valence-electron chi connectivity index (χ0n) is 16.7. The minimum Gasteiger partial charge on any atom is -0.435 e. The molecule has 2 aromatic rings. The molecule has 0 aromatic heterocycles. The van der Waals surface area contributed by atoms with E-state index >= 15 is 0 Å². The fourth-order valence-electron chi connectivity index (χ4n) is 3.29. The Balaban J connectivity index is 1.62. The number of hydrogen-bond donors (Lipinski definition) is 0. The van der Waals surface area contributed by atoms with Gasteiger partial charge in [-0.2, -0.15) is 8.78 Å². The van der Waals surface area contributed by atoms with Crippen molar-refractivity contribution < 1.29 is 23.1 Å². The summed E-state index contributed by atoms with van der Waals surface area (Å²) >= 11 is 1.38. The Labute approximate surface area is 179 Å². The molecule has 8 heteroatoms. The van der Waals surface area contributed by atoms with Gasteiger partial charge in [0.05, 0.1) is 11.3 Å². The molecule has 1 heterocycles. The first-order chi connectivity index (χ1) is 14.4. The largest absolute Gasteiger partial charge is 0.435 e. The van der Waals surface area contributed by atoms with Gasteiger partial charge in [0, 0.05) is 31.6 Å². The maximum atomic E-state index is 13.0. The molecule has 0 unspecified atom stereocenters. The van der Waals surface area contributed by atoms with E-state index in [4.69, 9.17) is 0 Å². The van der Waals surface area contributed by atoms with Crippen LogP contribution in [-0.2, 0) is 11.3 Å². The lowest BCUT2D eigenvalue weighted by Crippen LogP contribution is -2.29. The van der Waals surface area contributed by atoms with E-state index in [2.05, 4.69) is 4.74 Å². The van der Waals surface area contributed by atoms with Gasteiger partial charge in [-0.3, -0.25) is 9.59 Å². The van der Waals surface area contributed by atoms with Crippen LogP contribution in [0.25, 0.3) is 0 Å². The Kier molecular flexibility index (Phi) is 7.68. The van der Waals surface area contributed by atoms with E-state index in [-0.39, 0.29) is 17.6 Å². The first-order valence-electron chi connectivity index (χ1n) is 9.73. The molecule has 2 amide bonds. The van der Waals surface area contributed by atoms with Crippen molar-refractivity contribution in [1.29, 1.82) is 0 Å². The van der Waals surface area contributed by atoms with Gasteiger partial charge in [-0.25, -0.2) is 0 Å². The quantitative estimate of drug-likeness (QED) is 0.582. The highest BCUT2D eigenvalue weighted by Crippen LogP contribution is 2.25. The van der Waals surface area contributed by atoms with Crippen LogP contribution >= 0.6 is 11.8 Å². The monoisotopic (exact) mass is 434 g/mol. The second-order valence-electron chi connectivity index (χ2n) is 7.06. The van der Waals surface area contributed by atoms with E-state index < -0.39 is 6.61 Å². The Hall–Kier alpha value is -2.61. The smallest absolute Gasteiger partial charge is 0.387 e. The average Bonchev–Trinajstić information content (AvgIpc) is 3.28. The van der Waals surface area contributed by atoms with Crippen LogP contribution in [0, 0.1) is 0 Å². The summed E-state index contributed by atoms with van der Waals surface area (Å²) in [7, 11) is 1.68. The summed E-state index contributed by atoms with van der Waals surface area (Å²) < 4.78 is 28.9. The van der Waals surface area contributed by atoms with Crippen molar-refractivity contribution in [3.63, 3.8) is 0 Å². The number of halogens is 2. The zero-order chi connectivity index (χ0) is 21.5. The molecular weight excluding hydrogens is 410 g/mol. The summed E-state index contributed by atoms with van der Waals surface area (Å²) in [4.78, 5) is 29.5. The van der Waals surface area contributed by atoms with Crippen LogP contribution in [0.5, 0.6) is 5.75 Å². The standard InChI is InChI=1S/C22H24F2N2O3S/c1-25(14-16-8-10-17(11-9-16)29-22(23)24)21(28)18-6-2-3-7-19(18)30-15-20(27)26-12-4-5-13-26/h2-3,6-11,22H,4-5,12-15H2,1H3. The molecule has 2 aromatic carbocycles. The summed E-state index contributed by atoms with van der Waals surface area (Å²) in [6.07, 6.45) is 2.09. The van der Waals surface area contributed by atoms with E-state index in [0.717, 1.165) is 36.4 Å². The Morgan fingerprint density at radius 1 is 1.10 bits per heavy atom. The molecular formula is C22H24F2N2O3S. The summed E-state index contributed by atoms with van der Waals surface area (Å²) in [6, 6.07) is 13.4. The van der Waals surface area contributed by atoms with Gasteiger partial charge >= 0.3 is 6.61 Å². The van der Waals surface area contributed by atoms with Gasteiger partial charge < -0.3 is 14.5 Å². The molecule has 0 radical (unpaired) electrons. The minimum atomic E-state index is -2.87. The number of alkyl halides is 2. The van der Waals surface area contributed by atoms with Crippen molar-refractivity contribution in [2.24, 2.45) is 0 Å². The van der Waals surface area contributed by atoms with E-state index in [9.17, 15) is 18.4 Å². The number of benzene rings is 2. The number of thioether (sulfide) groups is 1. The SMILES string of the molecule is CN(Cc1ccc(OC(F)F)cc1)C(=O)c1ccccc1SCC(=O)N1CCCC1. The zero-order valence-corrected chi connectivity index (χ0v) is 17.5. The van der Waals surface area contributed by atoms with Crippen molar-refractivity contribution in [2.45, 2.75) is 30.9 Å². The maximum Gasteiger partial charge on any atom is 0.387 e. The minimum absolute atomic E-state index is 0.0761. The second kappa shape index (κ2) is 10.4. The van der Waals surface area contributed by atoms with Crippen LogP contribution in [0.2, 0.25) is 0 Å². The molecule has 1 saturated heterocycles. The summed E-state index contributed by atoms with van der Waals surface area (Å²) in [5.74, 6) is 0.311. The average molecular weight is 435 g/mol. The molecule has 30 heavy (non-hydrogen) atoms. The molecule has 0 atom stereocenters. The number of carbonyl (C=O) groups is 2. The normalized spacial score (nSPS) is 13.5. The van der Waals surface area contributed by atoms with Gasteiger partial charge in [-0.1, -0.05) is 24.3 Å². The lowest BCUT2D eigenvalue weighted by Gasteiger charge is -2.20. The molecule has 1 aliphatic heterocycles. The molecule has 1 fully saturated rings. The molecule has 3 rings (SSSR count). The lowest BCUT2D eigenvalue weighted by atomic mass is 10.1. The molecule has 0 saturated carbocycles. The predicted molar refractivity (Wildman–Crippen MR) is 112 cm³/mol. The third kappa shape index (κ3) is 5.95. The molecule has 0 spiro atoms. The highest BCUT2D eigenvalue weighted by Gasteiger charge is 2.20. The predicted octanol–water partition coefficient (Wildman–Crippen LogP) is 4.27. The van der Waals surface area contributed by atoms with Crippen molar-refractivity contribution in [3.05, 3.63) is 59.7 Å². The fraction of sp³-hybridized carbons (Fsp3) is 0.364. The van der Waals surface area contributed by atoms with Gasteiger partial charge in [0.15, 0.2) is 0 Å². The Morgan fingerprint density at radius 2 is 1.77 bits per heavy atom. The number of nitrogens with zero attached hydrogens (tertiary/aromatic N) is 2. The molecule has 0 N–H and O–H groups in total. The third-order valence-electron chi connectivity index (χ3n) is 4.84. The van der Waals surface area contributed by atoms with Crippen LogP contribution < -0.4 is 4.74 Å². The lowest BCUT2D eigenvalue weighted by molar-refractivity contribution is -0.127. The molecule has 0 bridgehead atoms. The Morgan fingerprint density at radius 3 is 2.43 bits per heavy atom. The van der Waals surface area contributed by atoms with Gasteiger partial charge in [-0.15, -0.1) is 11.8 Å². The second-order valence-corrected chi connectivity index (χ2v) is 8.07. The van der Waals surface area contributed by atoms with E-state index in [1.54, 1.807) is 36.2 Å². The first-order valence-corrected chi connectivity index (χ1v) is 10.7. The Bertz CT molecular complexity index is 871. The fourth-order valence-corrected chi connectivity index (χ4v) is 4.24. The summed E-state index contributed by atoms with van der Waals surface area (Å²) in [6.45, 7) is -0.931. The number of likely N-dealkylation sites (tertiary alicyclic amines) is 1. The van der Waals surface area contributed by atoms with Gasteiger partial charge in [0.25, 0.3) is 5.91 Å². The number of hydrogen-bond acceptors (Lipinski definition) is 4. The van der Waals surface area contributed by atoms with Crippen molar-refractivity contribution in [1.82, 2.24) is 9.80 Å². The van der Waals surface area contributed by atoms with Crippen LogP contribution in [0.3, 0.4) is 0 Å². The topological polar surface area (TPSA) is 49.9 Å². The summed E-state index contributed by atoms with van der Waals surface area (Å²) in [5.41, 5.74) is 1.33. The maximum absolute atomic E-state index is 13.0.